The lowest BCUT2D eigenvalue weighted by Gasteiger charge is -2.15. The average molecular weight is 266 g/mol. The normalized spacial score (nSPS) is 16.3. The maximum atomic E-state index is 5.26. The summed E-state index contributed by atoms with van der Waals surface area (Å²) in [5, 5.41) is 6.59. The highest BCUT2D eigenvalue weighted by Gasteiger charge is 2.20. The van der Waals surface area contributed by atoms with Crippen LogP contribution in [0.2, 0.25) is 0 Å². The van der Waals surface area contributed by atoms with E-state index in [1.807, 2.05) is 0 Å². The Balaban J connectivity index is 1.73. The van der Waals surface area contributed by atoms with Crippen molar-refractivity contribution in [2.75, 3.05) is 32.7 Å². The Morgan fingerprint density at radius 2 is 2.16 bits per heavy atom. The summed E-state index contributed by atoms with van der Waals surface area (Å²) in [4.78, 5) is 8.70. The van der Waals surface area contributed by atoms with Gasteiger partial charge in [0, 0.05) is 33.4 Å². The summed E-state index contributed by atoms with van der Waals surface area (Å²) >= 11 is 0. The third kappa shape index (κ3) is 5.10. The molecule has 106 valence electrons. The Bertz CT molecular complexity index is 367. The molecule has 6 nitrogen and oxygen atoms in total. The summed E-state index contributed by atoms with van der Waals surface area (Å²) in [6, 6.07) is 0.691. The Hall–Kier alpha value is -1.24. The molecule has 1 aromatic rings. The van der Waals surface area contributed by atoms with Gasteiger partial charge < -0.3 is 20.1 Å². The molecule has 0 spiro atoms. The zero-order valence-corrected chi connectivity index (χ0v) is 11.6. The van der Waals surface area contributed by atoms with E-state index in [0.29, 0.717) is 19.2 Å². The van der Waals surface area contributed by atoms with Crippen LogP contribution in [0.3, 0.4) is 0 Å². The summed E-state index contributed by atoms with van der Waals surface area (Å²) in [5.74, 6) is 0.758. The number of rotatable bonds is 9. The van der Waals surface area contributed by atoms with Gasteiger partial charge in [0.1, 0.15) is 5.82 Å². The molecular formula is C13H22N4O2. The summed E-state index contributed by atoms with van der Waals surface area (Å²) in [7, 11) is 3.33. The van der Waals surface area contributed by atoms with E-state index in [1.165, 1.54) is 12.8 Å². The van der Waals surface area contributed by atoms with Gasteiger partial charge in [-0.15, -0.1) is 0 Å². The maximum Gasteiger partial charge on any atom is 0.144 e. The molecule has 1 aliphatic carbocycles. The van der Waals surface area contributed by atoms with Gasteiger partial charge in [-0.25, -0.2) is 4.98 Å². The van der Waals surface area contributed by atoms with E-state index in [4.69, 9.17) is 9.47 Å². The topological polar surface area (TPSA) is 68.3 Å². The van der Waals surface area contributed by atoms with Gasteiger partial charge in [0.05, 0.1) is 30.8 Å². The van der Waals surface area contributed by atoms with E-state index in [-0.39, 0.29) is 6.10 Å². The highest BCUT2D eigenvalue weighted by Crippen LogP contribution is 2.18. The fourth-order valence-electron chi connectivity index (χ4n) is 1.69. The van der Waals surface area contributed by atoms with Crippen LogP contribution in [0.15, 0.2) is 12.4 Å². The monoisotopic (exact) mass is 266 g/mol. The predicted octanol–water partition coefficient (Wildman–Crippen LogP) is 0.802. The zero-order chi connectivity index (χ0) is 13.5. The van der Waals surface area contributed by atoms with E-state index >= 15 is 0 Å². The van der Waals surface area contributed by atoms with E-state index in [9.17, 15) is 0 Å². The number of hydrogen-bond donors (Lipinski definition) is 2. The first-order valence-electron chi connectivity index (χ1n) is 6.61. The third-order valence-electron chi connectivity index (χ3n) is 3.05. The zero-order valence-electron chi connectivity index (χ0n) is 11.6. The highest BCUT2D eigenvalue weighted by molar-refractivity contribution is 5.31. The highest BCUT2D eigenvalue weighted by atomic mass is 16.5. The van der Waals surface area contributed by atoms with Gasteiger partial charge in [0.15, 0.2) is 0 Å². The lowest BCUT2D eigenvalue weighted by molar-refractivity contribution is 0.0365. The number of ether oxygens (including phenoxy) is 2. The second-order valence-electron chi connectivity index (χ2n) is 4.74. The fraction of sp³-hybridized carbons (Fsp3) is 0.692. The van der Waals surface area contributed by atoms with Gasteiger partial charge in [-0.2, -0.15) is 0 Å². The van der Waals surface area contributed by atoms with Crippen molar-refractivity contribution in [3.05, 3.63) is 18.1 Å². The minimum atomic E-state index is 0.0167. The second-order valence-corrected chi connectivity index (χ2v) is 4.74. The van der Waals surface area contributed by atoms with Crippen LogP contribution in [0.1, 0.15) is 18.5 Å². The van der Waals surface area contributed by atoms with Crippen molar-refractivity contribution in [3.8, 4) is 0 Å². The van der Waals surface area contributed by atoms with Crippen molar-refractivity contribution in [1.82, 2.24) is 15.3 Å². The number of anilines is 1. The smallest absolute Gasteiger partial charge is 0.144 e. The number of methoxy groups -OCH3 is 2. The first kappa shape index (κ1) is 14.2. The van der Waals surface area contributed by atoms with E-state index in [1.54, 1.807) is 26.6 Å². The van der Waals surface area contributed by atoms with Crippen molar-refractivity contribution in [2.45, 2.75) is 31.5 Å². The summed E-state index contributed by atoms with van der Waals surface area (Å²) in [6.45, 7) is 2.00. The molecule has 1 fully saturated rings. The standard InChI is InChI=1S/C13H22N4O2/c1-18-9-12(19-2)7-17-13-8-15-11(6-16-13)5-14-10-3-4-10/h6,8,10,12,14H,3-5,7,9H2,1-2H3,(H,16,17). The van der Waals surface area contributed by atoms with Gasteiger partial charge in [0.25, 0.3) is 0 Å². The van der Waals surface area contributed by atoms with Crippen LogP contribution in [0, 0.1) is 0 Å². The Morgan fingerprint density at radius 1 is 1.32 bits per heavy atom. The summed E-state index contributed by atoms with van der Waals surface area (Å²) in [6.07, 6.45) is 6.14. The molecule has 2 N–H and O–H groups in total. The van der Waals surface area contributed by atoms with Gasteiger partial charge in [0.2, 0.25) is 0 Å². The quantitative estimate of drug-likeness (QED) is 0.689. The summed E-state index contributed by atoms with van der Waals surface area (Å²) < 4.78 is 10.3. The molecule has 1 saturated carbocycles. The van der Waals surface area contributed by atoms with Crippen molar-refractivity contribution >= 4 is 5.82 Å². The van der Waals surface area contributed by atoms with Crippen LogP contribution >= 0.6 is 0 Å². The number of nitrogens with one attached hydrogen (secondary N) is 2. The van der Waals surface area contributed by atoms with Crippen LogP contribution in [0.5, 0.6) is 0 Å². The largest absolute Gasteiger partial charge is 0.382 e. The molecule has 1 aliphatic rings. The van der Waals surface area contributed by atoms with Gasteiger partial charge >= 0.3 is 0 Å². The minimum absolute atomic E-state index is 0.0167. The minimum Gasteiger partial charge on any atom is -0.382 e. The molecule has 19 heavy (non-hydrogen) atoms. The van der Waals surface area contributed by atoms with E-state index in [2.05, 4.69) is 20.6 Å². The molecule has 1 atom stereocenters. The molecular weight excluding hydrogens is 244 g/mol. The third-order valence-corrected chi connectivity index (χ3v) is 3.05. The lowest BCUT2D eigenvalue weighted by atomic mass is 10.3. The molecule has 1 aromatic heterocycles. The first-order valence-corrected chi connectivity index (χ1v) is 6.61. The molecule has 0 radical (unpaired) electrons. The maximum absolute atomic E-state index is 5.26. The first-order chi connectivity index (χ1) is 9.31. The average Bonchev–Trinajstić information content (AvgIpc) is 3.26. The number of aromatic nitrogens is 2. The number of hydrogen-bond acceptors (Lipinski definition) is 6. The molecule has 6 heteroatoms. The molecule has 0 aromatic carbocycles. The Morgan fingerprint density at radius 3 is 2.74 bits per heavy atom. The van der Waals surface area contributed by atoms with Crippen LogP contribution < -0.4 is 10.6 Å². The van der Waals surface area contributed by atoms with Gasteiger partial charge in [-0.1, -0.05) is 0 Å². The predicted molar refractivity (Wildman–Crippen MR) is 73.1 cm³/mol. The van der Waals surface area contributed by atoms with Crippen molar-refractivity contribution in [1.29, 1.82) is 0 Å². The second kappa shape index (κ2) is 7.37. The SMILES string of the molecule is COCC(CNc1cnc(CNC2CC2)cn1)OC. The van der Waals surface area contributed by atoms with E-state index in [0.717, 1.165) is 18.1 Å². The Labute approximate surface area is 113 Å². The number of nitrogens with zero attached hydrogens (tertiary/aromatic N) is 2. The lowest BCUT2D eigenvalue weighted by Crippen LogP contribution is -2.27. The van der Waals surface area contributed by atoms with Gasteiger partial charge in [-0.05, 0) is 12.8 Å². The van der Waals surface area contributed by atoms with Crippen LogP contribution in [0.4, 0.5) is 5.82 Å². The van der Waals surface area contributed by atoms with Crippen molar-refractivity contribution in [3.63, 3.8) is 0 Å². The van der Waals surface area contributed by atoms with Crippen LogP contribution in [-0.4, -0.2) is 49.5 Å². The fourth-order valence-corrected chi connectivity index (χ4v) is 1.69. The van der Waals surface area contributed by atoms with Crippen molar-refractivity contribution < 1.29 is 9.47 Å². The molecule has 1 unspecified atom stereocenters. The molecule has 1 heterocycles. The molecule has 2 rings (SSSR count). The molecule has 0 saturated heterocycles. The molecule has 0 amide bonds. The Kier molecular flexibility index (Phi) is 5.50. The van der Waals surface area contributed by atoms with Crippen LogP contribution in [-0.2, 0) is 16.0 Å². The summed E-state index contributed by atoms with van der Waals surface area (Å²) in [5.41, 5.74) is 0.970. The van der Waals surface area contributed by atoms with E-state index < -0.39 is 0 Å². The van der Waals surface area contributed by atoms with Crippen LogP contribution in [0.25, 0.3) is 0 Å². The molecule has 0 bridgehead atoms. The molecule has 0 aliphatic heterocycles. The van der Waals surface area contributed by atoms with Crippen molar-refractivity contribution in [2.24, 2.45) is 0 Å². The van der Waals surface area contributed by atoms with Gasteiger partial charge in [-0.3, -0.25) is 4.98 Å².